The Balaban J connectivity index is 2.67. The molecule has 0 unspecified atom stereocenters. The molecule has 2 rings (SSSR count). The third kappa shape index (κ3) is 3.09. The van der Waals surface area contributed by atoms with Crippen LogP contribution in [0.1, 0.15) is 24.2 Å². The van der Waals surface area contributed by atoms with Crippen LogP contribution < -0.4 is 10.1 Å². The van der Waals surface area contributed by atoms with E-state index in [1.165, 1.54) is 13.0 Å². The Morgan fingerprint density at radius 1 is 1.27 bits per heavy atom. The van der Waals surface area contributed by atoms with Gasteiger partial charge >= 0.3 is 0 Å². The maximum atomic E-state index is 11.3. The van der Waals surface area contributed by atoms with Gasteiger partial charge in [-0.1, -0.05) is 18.2 Å². The first-order chi connectivity index (χ1) is 10.6. The van der Waals surface area contributed by atoms with Crippen molar-refractivity contribution in [3.8, 4) is 22.6 Å². The van der Waals surface area contributed by atoms with Crippen LogP contribution in [0.4, 0.5) is 5.69 Å². The molecule has 0 saturated carbocycles. The zero-order valence-corrected chi connectivity index (χ0v) is 12.4. The molecule has 5 nitrogen and oxygen atoms in total. The fraction of sp³-hybridized carbons (Fsp3) is 0.176. The number of benzene rings is 2. The lowest BCUT2D eigenvalue weighted by molar-refractivity contribution is -0.114. The van der Waals surface area contributed by atoms with Crippen molar-refractivity contribution in [1.82, 2.24) is 0 Å². The molecule has 0 aliphatic carbocycles. The molecule has 0 aliphatic rings. The van der Waals surface area contributed by atoms with E-state index in [9.17, 15) is 14.7 Å². The number of amides is 1. The van der Waals surface area contributed by atoms with Gasteiger partial charge in [0.25, 0.3) is 0 Å². The highest BCUT2D eigenvalue weighted by atomic mass is 16.5. The number of hydrogen-bond donors (Lipinski definition) is 2. The maximum absolute atomic E-state index is 11.3. The Morgan fingerprint density at radius 2 is 2.00 bits per heavy atom. The minimum absolute atomic E-state index is 0.160. The summed E-state index contributed by atoms with van der Waals surface area (Å²) in [6.45, 7) is 3.66. The van der Waals surface area contributed by atoms with E-state index >= 15 is 0 Å². The number of carbonyl (C=O) groups is 2. The van der Waals surface area contributed by atoms with Crippen LogP contribution in [0, 0.1) is 0 Å². The number of ether oxygens (including phenoxy) is 1. The number of nitrogens with one attached hydrogen (secondary N) is 1. The predicted octanol–water partition coefficient (Wildman–Crippen LogP) is 3.23. The van der Waals surface area contributed by atoms with E-state index in [4.69, 9.17) is 4.74 Å². The number of carbonyl (C=O) groups excluding carboxylic acids is 2. The van der Waals surface area contributed by atoms with Gasteiger partial charge in [0, 0.05) is 23.6 Å². The van der Waals surface area contributed by atoms with Crippen LogP contribution in [0.2, 0.25) is 0 Å². The second-order valence-corrected chi connectivity index (χ2v) is 4.65. The quantitative estimate of drug-likeness (QED) is 0.656. The van der Waals surface area contributed by atoms with Crippen molar-refractivity contribution in [3.63, 3.8) is 0 Å². The zero-order chi connectivity index (χ0) is 16.1. The van der Waals surface area contributed by atoms with Crippen LogP contribution in [0.25, 0.3) is 11.1 Å². The molecule has 0 spiro atoms. The summed E-state index contributed by atoms with van der Waals surface area (Å²) in [5.41, 5.74) is 1.50. The Kier molecular flexibility index (Phi) is 4.78. The van der Waals surface area contributed by atoms with Crippen LogP contribution in [0.5, 0.6) is 11.5 Å². The SMILES string of the molecule is CCOc1ccccc1-c1c(C=O)ccc(NC(C)=O)c1O. The van der Waals surface area contributed by atoms with Gasteiger partial charge in [0.15, 0.2) is 6.29 Å². The van der Waals surface area contributed by atoms with E-state index in [0.29, 0.717) is 35.3 Å². The highest BCUT2D eigenvalue weighted by Crippen LogP contribution is 2.41. The number of aldehydes is 1. The highest BCUT2D eigenvalue weighted by molar-refractivity contribution is 5.98. The Morgan fingerprint density at radius 3 is 2.64 bits per heavy atom. The van der Waals surface area contributed by atoms with Crippen molar-refractivity contribution in [2.75, 3.05) is 11.9 Å². The molecule has 0 aromatic heterocycles. The molecular formula is C17H17NO4. The maximum Gasteiger partial charge on any atom is 0.221 e. The standard InChI is InChI=1S/C17H17NO4/c1-3-22-15-7-5-4-6-13(15)16-12(10-19)8-9-14(17(16)21)18-11(2)20/h4-10,21H,3H2,1-2H3,(H,18,20). The van der Waals surface area contributed by atoms with Gasteiger partial charge in [-0.25, -0.2) is 0 Å². The molecule has 2 N–H and O–H groups in total. The zero-order valence-electron chi connectivity index (χ0n) is 12.4. The first-order valence-electron chi connectivity index (χ1n) is 6.89. The lowest BCUT2D eigenvalue weighted by Gasteiger charge is -2.15. The summed E-state index contributed by atoms with van der Waals surface area (Å²) in [5, 5.41) is 13.0. The molecule has 0 atom stereocenters. The van der Waals surface area contributed by atoms with E-state index in [1.807, 2.05) is 13.0 Å². The van der Waals surface area contributed by atoms with Gasteiger partial charge in [-0.2, -0.15) is 0 Å². The van der Waals surface area contributed by atoms with Crippen molar-refractivity contribution in [2.24, 2.45) is 0 Å². The van der Waals surface area contributed by atoms with Crippen LogP contribution in [-0.2, 0) is 4.79 Å². The number of para-hydroxylation sites is 1. The summed E-state index contributed by atoms with van der Waals surface area (Å²) in [5.74, 6) is 0.0912. The molecule has 114 valence electrons. The lowest BCUT2D eigenvalue weighted by atomic mass is 9.97. The highest BCUT2D eigenvalue weighted by Gasteiger charge is 2.18. The second kappa shape index (κ2) is 6.76. The van der Waals surface area contributed by atoms with E-state index in [1.54, 1.807) is 24.3 Å². The van der Waals surface area contributed by atoms with Crippen LogP contribution in [0.3, 0.4) is 0 Å². The van der Waals surface area contributed by atoms with Crippen LogP contribution >= 0.6 is 0 Å². The molecular weight excluding hydrogens is 282 g/mol. The molecule has 1 amide bonds. The van der Waals surface area contributed by atoms with Gasteiger partial charge < -0.3 is 15.2 Å². The number of phenols is 1. The van der Waals surface area contributed by atoms with Crippen molar-refractivity contribution >= 4 is 17.9 Å². The van der Waals surface area contributed by atoms with E-state index in [-0.39, 0.29) is 17.3 Å². The normalized spacial score (nSPS) is 10.1. The number of hydrogen-bond acceptors (Lipinski definition) is 4. The summed E-state index contributed by atoms with van der Waals surface area (Å²) in [7, 11) is 0. The summed E-state index contributed by atoms with van der Waals surface area (Å²) < 4.78 is 5.55. The fourth-order valence-corrected chi connectivity index (χ4v) is 2.23. The largest absolute Gasteiger partial charge is 0.505 e. The molecule has 5 heteroatoms. The number of rotatable bonds is 5. The van der Waals surface area contributed by atoms with Gasteiger partial charge in [-0.05, 0) is 25.1 Å². The molecule has 0 aliphatic heterocycles. The topological polar surface area (TPSA) is 75.6 Å². The van der Waals surface area contributed by atoms with Crippen molar-refractivity contribution in [1.29, 1.82) is 0 Å². The van der Waals surface area contributed by atoms with E-state index in [2.05, 4.69) is 5.32 Å². The number of aromatic hydroxyl groups is 1. The number of anilines is 1. The smallest absolute Gasteiger partial charge is 0.221 e. The molecule has 0 saturated heterocycles. The van der Waals surface area contributed by atoms with Crippen molar-refractivity contribution in [2.45, 2.75) is 13.8 Å². The minimum atomic E-state index is -0.307. The first-order valence-corrected chi connectivity index (χ1v) is 6.89. The van der Waals surface area contributed by atoms with Crippen molar-refractivity contribution < 1.29 is 19.4 Å². The minimum Gasteiger partial charge on any atom is -0.505 e. The summed E-state index contributed by atoms with van der Waals surface area (Å²) in [4.78, 5) is 22.5. The van der Waals surface area contributed by atoms with Crippen LogP contribution in [-0.4, -0.2) is 23.9 Å². The van der Waals surface area contributed by atoms with E-state index in [0.717, 1.165) is 0 Å². The molecule has 0 fully saturated rings. The fourth-order valence-electron chi connectivity index (χ4n) is 2.23. The van der Waals surface area contributed by atoms with Gasteiger partial charge in [-0.3, -0.25) is 9.59 Å². The predicted molar refractivity (Wildman–Crippen MR) is 84.4 cm³/mol. The average molecular weight is 299 g/mol. The average Bonchev–Trinajstić information content (AvgIpc) is 2.50. The third-order valence-electron chi connectivity index (χ3n) is 3.10. The Bertz CT molecular complexity index is 710. The first kappa shape index (κ1) is 15.6. The molecule has 0 bridgehead atoms. The van der Waals surface area contributed by atoms with Crippen molar-refractivity contribution in [3.05, 3.63) is 42.0 Å². The summed E-state index contributed by atoms with van der Waals surface area (Å²) >= 11 is 0. The summed E-state index contributed by atoms with van der Waals surface area (Å²) in [6, 6.07) is 10.2. The Labute approximate surface area is 128 Å². The Hall–Kier alpha value is -2.82. The molecule has 0 radical (unpaired) electrons. The molecule has 2 aromatic rings. The van der Waals surface area contributed by atoms with E-state index < -0.39 is 0 Å². The third-order valence-corrected chi connectivity index (χ3v) is 3.10. The van der Waals surface area contributed by atoms with Gasteiger partial charge in [0.05, 0.1) is 12.3 Å². The van der Waals surface area contributed by atoms with Gasteiger partial charge in [0.1, 0.15) is 11.5 Å². The lowest BCUT2D eigenvalue weighted by Crippen LogP contribution is -2.07. The molecule has 2 aromatic carbocycles. The second-order valence-electron chi connectivity index (χ2n) is 4.65. The summed E-state index contributed by atoms with van der Waals surface area (Å²) in [6.07, 6.45) is 0.662. The van der Waals surface area contributed by atoms with Gasteiger partial charge in [-0.15, -0.1) is 0 Å². The molecule has 0 heterocycles. The molecule has 22 heavy (non-hydrogen) atoms. The van der Waals surface area contributed by atoms with Crippen LogP contribution in [0.15, 0.2) is 36.4 Å². The number of phenolic OH excluding ortho intramolecular Hbond substituents is 1. The monoisotopic (exact) mass is 299 g/mol. The van der Waals surface area contributed by atoms with Gasteiger partial charge in [0.2, 0.25) is 5.91 Å².